The van der Waals surface area contributed by atoms with Crippen molar-refractivity contribution in [3.05, 3.63) is 77.9 Å². The highest BCUT2D eigenvalue weighted by atomic mass is 19.1. The largest absolute Gasteiger partial charge is 0.338 e. The average molecular weight is 364 g/mol. The molecule has 4 rings (SSSR count). The smallest absolute Gasteiger partial charge is 0.253 e. The molecule has 0 spiro atoms. The summed E-state index contributed by atoms with van der Waals surface area (Å²) in [4.78, 5) is 21.1. The number of hydrogen-bond donors (Lipinski definition) is 0. The van der Waals surface area contributed by atoms with Gasteiger partial charge in [0.05, 0.1) is 0 Å². The number of carbonyl (C=O) groups excluding carboxylic acids is 1. The van der Waals surface area contributed by atoms with Crippen LogP contribution in [0.2, 0.25) is 0 Å². The molecule has 0 N–H and O–H groups in total. The van der Waals surface area contributed by atoms with E-state index in [0.717, 1.165) is 11.6 Å². The summed E-state index contributed by atoms with van der Waals surface area (Å²) in [6, 6.07) is 14.0. The van der Waals surface area contributed by atoms with Crippen molar-refractivity contribution >= 4 is 11.9 Å². The SMILES string of the molecule is Cc1ccc(-n2ccnc2N2CCN(C(=O)c3ccc(F)cc3)CC2)cc1. The Kier molecular flexibility index (Phi) is 4.62. The van der Waals surface area contributed by atoms with Crippen LogP contribution in [-0.4, -0.2) is 46.5 Å². The van der Waals surface area contributed by atoms with Crippen LogP contribution < -0.4 is 4.90 Å². The van der Waals surface area contributed by atoms with Crippen LogP contribution in [-0.2, 0) is 0 Å². The van der Waals surface area contributed by atoms with Crippen molar-refractivity contribution in [1.82, 2.24) is 14.5 Å². The van der Waals surface area contributed by atoms with Gasteiger partial charge in [-0.2, -0.15) is 0 Å². The number of aryl methyl sites for hydroxylation is 1. The summed E-state index contributed by atoms with van der Waals surface area (Å²) in [7, 11) is 0. The molecule has 1 amide bonds. The van der Waals surface area contributed by atoms with E-state index in [9.17, 15) is 9.18 Å². The Bertz CT molecular complexity index is 926. The molecule has 6 heteroatoms. The lowest BCUT2D eigenvalue weighted by atomic mass is 10.2. The first-order chi connectivity index (χ1) is 13.1. The maximum Gasteiger partial charge on any atom is 0.253 e. The summed E-state index contributed by atoms with van der Waals surface area (Å²) >= 11 is 0. The van der Waals surface area contributed by atoms with Gasteiger partial charge in [-0.05, 0) is 43.3 Å². The number of nitrogens with zero attached hydrogens (tertiary/aromatic N) is 4. The van der Waals surface area contributed by atoms with E-state index in [4.69, 9.17) is 0 Å². The third kappa shape index (κ3) is 3.56. The lowest BCUT2D eigenvalue weighted by Crippen LogP contribution is -2.49. The van der Waals surface area contributed by atoms with E-state index in [1.54, 1.807) is 6.20 Å². The molecule has 2 heterocycles. The Balaban J connectivity index is 1.46. The number of amides is 1. The molecule has 1 saturated heterocycles. The van der Waals surface area contributed by atoms with E-state index < -0.39 is 0 Å². The van der Waals surface area contributed by atoms with E-state index in [1.807, 2.05) is 11.1 Å². The highest BCUT2D eigenvalue weighted by molar-refractivity contribution is 5.94. The summed E-state index contributed by atoms with van der Waals surface area (Å²) in [5.41, 5.74) is 2.80. The van der Waals surface area contributed by atoms with Gasteiger partial charge >= 0.3 is 0 Å². The minimum absolute atomic E-state index is 0.0588. The topological polar surface area (TPSA) is 41.4 Å². The summed E-state index contributed by atoms with van der Waals surface area (Å²) in [5, 5.41) is 0. The fourth-order valence-corrected chi connectivity index (χ4v) is 3.32. The molecular formula is C21H21FN4O. The maximum atomic E-state index is 13.1. The maximum absolute atomic E-state index is 13.1. The number of rotatable bonds is 3. The Labute approximate surface area is 157 Å². The third-order valence-electron chi connectivity index (χ3n) is 4.87. The zero-order valence-electron chi connectivity index (χ0n) is 15.2. The second-order valence-electron chi connectivity index (χ2n) is 6.72. The number of hydrogen-bond acceptors (Lipinski definition) is 3. The molecule has 27 heavy (non-hydrogen) atoms. The van der Waals surface area contributed by atoms with Crippen molar-refractivity contribution in [3.63, 3.8) is 0 Å². The van der Waals surface area contributed by atoms with Gasteiger partial charge < -0.3 is 9.80 Å². The summed E-state index contributed by atoms with van der Waals surface area (Å²) in [6.07, 6.45) is 3.75. The molecule has 0 bridgehead atoms. The van der Waals surface area contributed by atoms with Crippen molar-refractivity contribution < 1.29 is 9.18 Å². The van der Waals surface area contributed by atoms with Gasteiger partial charge in [0.15, 0.2) is 0 Å². The monoisotopic (exact) mass is 364 g/mol. The van der Waals surface area contributed by atoms with Gasteiger partial charge in [0.25, 0.3) is 5.91 Å². The molecule has 1 fully saturated rings. The van der Waals surface area contributed by atoms with Crippen molar-refractivity contribution in [3.8, 4) is 5.69 Å². The van der Waals surface area contributed by atoms with Gasteiger partial charge in [0.2, 0.25) is 5.95 Å². The number of carbonyl (C=O) groups is 1. The van der Waals surface area contributed by atoms with Crippen LogP contribution in [0.4, 0.5) is 10.3 Å². The van der Waals surface area contributed by atoms with E-state index in [2.05, 4.69) is 45.6 Å². The quantitative estimate of drug-likeness (QED) is 0.716. The first-order valence-electron chi connectivity index (χ1n) is 9.02. The minimum atomic E-state index is -0.334. The van der Waals surface area contributed by atoms with Crippen LogP contribution in [0.1, 0.15) is 15.9 Å². The molecule has 1 aromatic heterocycles. The molecular weight excluding hydrogens is 343 g/mol. The van der Waals surface area contributed by atoms with Crippen LogP contribution in [0, 0.1) is 12.7 Å². The molecule has 0 aliphatic carbocycles. The van der Waals surface area contributed by atoms with Gasteiger partial charge in [-0.1, -0.05) is 17.7 Å². The molecule has 5 nitrogen and oxygen atoms in total. The molecule has 0 saturated carbocycles. The van der Waals surface area contributed by atoms with Crippen molar-refractivity contribution in [2.45, 2.75) is 6.92 Å². The second-order valence-corrected chi connectivity index (χ2v) is 6.72. The summed E-state index contributed by atoms with van der Waals surface area (Å²) in [6.45, 7) is 4.69. The molecule has 2 aromatic carbocycles. The van der Waals surface area contributed by atoms with Crippen molar-refractivity contribution in [2.24, 2.45) is 0 Å². The molecule has 0 unspecified atom stereocenters. The van der Waals surface area contributed by atoms with Gasteiger partial charge in [-0.25, -0.2) is 9.37 Å². The van der Waals surface area contributed by atoms with E-state index in [1.165, 1.54) is 29.8 Å². The first kappa shape index (κ1) is 17.3. The van der Waals surface area contributed by atoms with Crippen molar-refractivity contribution in [1.29, 1.82) is 0 Å². The average Bonchev–Trinajstić information content (AvgIpc) is 3.18. The number of aromatic nitrogens is 2. The fourth-order valence-electron chi connectivity index (χ4n) is 3.32. The fraction of sp³-hybridized carbons (Fsp3) is 0.238. The molecule has 1 aliphatic rings. The van der Waals surface area contributed by atoms with Gasteiger partial charge in [-0.15, -0.1) is 0 Å². The Morgan fingerprint density at radius 1 is 0.963 bits per heavy atom. The van der Waals surface area contributed by atoms with E-state index in [-0.39, 0.29) is 11.7 Å². The Hall–Kier alpha value is -3.15. The molecule has 3 aromatic rings. The van der Waals surface area contributed by atoms with Gasteiger partial charge in [0, 0.05) is 49.8 Å². The summed E-state index contributed by atoms with van der Waals surface area (Å²) in [5.74, 6) is 0.489. The van der Waals surface area contributed by atoms with Crippen LogP contribution in [0.3, 0.4) is 0 Å². The number of anilines is 1. The highest BCUT2D eigenvalue weighted by Crippen LogP contribution is 2.20. The minimum Gasteiger partial charge on any atom is -0.338 e. The molecule has 0 radical (unpaired) electrons. The highest BCUT2D eigenvalue weighted by Gasteiger charge is 2.24. The lowest BCUT2D eigenvalue weighted by Gasteiger charge is -2.35. The van der Waals surface area contributed by atoms with Crippen LogP contribution in [0.15, 0.2) is 60.9 Å². The van der Waals surface area contributed by atoms with Crippen LogP contribution in [0.25, 0.3) is 5.69 Å². The van der Waals surface area contributed by atoms with E-state index in [0.29, 0.717) is 31.7 Å². The van der Waals surface area contributed by atoms with Crippen LogP contribution >= 0.6 is 0 Å². The standard InChI is InChI=1S/C21H21FN4O/c1-16-2-8-19(9-3-16)26-11-10-23-21(26)25-14-12-24(13-15-25)20(27)17-4-6-18(22)7-5-17/h2-11H,12-15H2,1H3. The molecule has 1 aliphatic heterocycles. The first-order valence-corrected chi connectivity index (χ1v) is 9.02. The normalized spacial score (nSPS) is 14.4. The number of piperazine rings is 1. The lowest BCUT2D eigenvalue weighted by molar-refractivity contribution is 0.0746. The Morgan fingerprint density at radius 2 is 1.63 bits per heavy atom. The predicted octanol–water partition coefficient (Wildman–Crippen LogP) is 3.28. The Morgan fingerprint density at radius 3 is 2.30 bits per heavy atom. The summed E-state index contributed by atoms with van der Waals surface area (Å²) < 4.78 is 15.1. The predicted molar refractivity (Wildman–Crippen MR) is 103 cm³/mol. The van der Waals surface area contributed by atoms with Gasteiger partial charge in [0.1, 0.15) is 5.82 Å². The molecule has 138 valence electrons. The third-order valence-corrected chi connectivity index (χ3v) is 4.87. The second kappa shape index (κ2) is 7.23. The number of halogens is 1. The van der Waals surface area contributed by atoms with Crippen molar-refractivity contribution in [2.75, 3.05) is 31.1 Å². The number of imidazole rings is 1. The van der Waals surface area contributed by atoms with Gasteiger partial charge in [-0.3, -0.25) is 9.36 Å². The zero-order valence-corrected chi connectivity index (χ0v) is 15.2. The number of benzene rings is 2. The zero-order chi connectivity index (χ0) is 18.8. The van der Waals surface area contributed by atoms with E-state index >= 15 is 0 Å². The molecule has 0 atom stereocenters. The van der Waals surface area contributed by atoms with Crippen LogP contribution in [0.5, 0.6) is 0 Å².